The molecule has 29 heavy (non-hydrogen) atoms. The van der Waals surface area contributed by atoms with Crippen molar-refractivity contribution in [3.05, 3.63) is 35.9 Å². The van der Waals surface area contributed by atoms with Gasteiger partial charge in [-0.1, -0.05) is 30.3 Å². The quantitative estimate of drug-likeness (QED) is 0.281. The van der Waals surface area contributed by atoms with Crippen molar-refractivity contribution in [3.63, 3.8) is 0 Å². The molecule has 6 N–H and O–H groups in total. The molecule has 0 radical (unpaired) electrons. The van der Waals surface area contributed by atoms with Gasteiger partial charge in [-0.05, 0) is 12.0 Å². The van der Waals surface area contributed by atoms with Crippen molar-refractivity contribution >= 4 is 0 Å². The normalized spacial score (nSPS) is 40.7. The van der Waals surface area contributed by atoms with Crippen molar-refractivity contribution in [3.8, 4) is 0 Å². The fourth-order valence-corrected chi connectivity index (χ4v) is 3.25. The van der Waals surface area contributed by atoms with Crippen LogP contribution in [0.2, 0.25) is 0 Å². The van der Waals surface area contributed by atoms with Gasteiger partial charge in [-0.25, -0.2) is 0 Å². The molecule has 10 nitrogen and oxygen atoms in total. The van der Waals surface area contributed by atoms with Gasteiger partial charge in [0, 0.05) is 0 Å². The molecule has 1 aromatic rings. The first kappa shape index (κ1) is 22.5. The molecule has 0 saturated carbocycles. The highest BCUT2D eigenvalue weighted by atomic mass is 16.7. The second-order valence-corrected chi connectivity index (χ2v) is 7.20. The zero-order valence-corrected chi connectivity index (χ0v) is 15.7. The number of hydrogen-bond acceptors (Lipinski definition) is 10. The molecule has 2 saturated heterocycles. The maximum Gasteiger partial charge on any atom is 0.186 e. The molecule has 2 heterocycles. The second kappa shape index (κ2) is 10.2. The van der Waals surface area contributed by atoms with E-state index in [9.17, 15) is 30.6 Å². The molecule has 164 valence electrons. The minimum absolute atomic E-state index is 0.219. The molecule has 0 bridgehead atoms. The number of aliphatic hydroxyl groups is 6. The number of aliphatic hydroxyl groups excluding tert-OH is 6. The maximum absolute atomic E-state index is 10.2. The van der Waals surface area contributed by atoms with E-state index in [2.05, 4.69) is 0 Å². The fraction of sp³-hybridized carbons (Fsp3) is 0.684. The van der Waals surface area contributed by atoms with Gasteiger partial charge in [0.1, 0.15) is 42.7 Å². The Balaban J connectivity index is 1.51. The van der Waals surface area contributed by atoms with Crippen molar-refractivity contribution < 1.29 is 49.6 Å². The van der Waals surface area contributed by atoms with Gasteiger partial charge in [0.05, 0.1) is 19.8 Å². The van der Waals surface area contributed by atoms with Crippen molar-refractivity contribution in [2.45, 2.75) is 61.7 Å². The Morgan fingerprint density at radius 2 is 1.48 bits per heavy atom. The highest BCUT2D eigenvalue weighted by Crippen LogP contribution is 2.24. The third-order valence-corrected chi connectivity index (χ3v) is 5.06. The smallest absolute Gasteiger partial charge is 0.186 e. The van der Waals surface area contributed by atoms with Crippen LogP contribution in [0.3, 0.4) is 0 Å². The molecular formula is C19H28O10. The summed E-state index contributed by atoms with van der Waals surface area (Å²) in [6.45, 7) is -0.325. The van der Waals surface area contributed by atoms with Crippen LogP contribution in [0.15, 0.2) is 30.3 Å². The standard InChI is InChI=1S/C19H28O10/c20-11-8-27-18(16(24)13(11)21)28-9-12-14(22)15(23)17(25)19(29-12)26-7-6-10-4-2-1-3-5-10/h1-5,11-25H,6-9H2/t11-,12-,13+,14-,15+,16+,17-,18-,19-/m0/s1. The van der Waals surface area contributed by atoms with Crippen LogP contribution >= 0.6 is 0 Å². The Morgan fingerprint density at radius 1 is 0.793 bits per heavy atom. The molecule has 1 aromatic carbocycles. The van der Waals surface area contributed by atoms with Gasteiger partial charge in [0.2, 0.25) is 0 Å². The third-order valence-electron chi connectivity index (χ3n) is 5.06. The summed E-state index contributed by atoms with van der Waals surface area (Å²) in [4.78, 5) is 0. The van der Waals surface area contributed by atoms with E-state index in [1.165, 1.54) is 0 Å². The molecule has 2 aliphatic rings. The highest BCUT2D eigenvalue weighted by Gasteiger charge is 2.45. The van der Waals surface area contributed by atoms with Crippen molar-refractivity contribution in [2.75, 3.05) is 19.8 Å². The summed E-state index contributed by atoms with van der Waals surface area (Å²) in [7, 11) is 0. The summed E-state index contributed by atoms with van der Waals surface area (Å²) in [6, 6.07) is 9.54. The molecule has 0 amide bonds. The Kier molecular flexibility index (Phi) is 7.93. The van der Waals surface area contributed by atoms with Gasteiger partial charge < -0.3 is 49.6 Å². The Hall–Kier alpha value is -1.18. The summed E-state index contributed by atoms with van der Waals surface area (Å²) in [5.41, 5.74) is 1.03. The van der Waals surface area contributed by atoms with E-state index < -0.39 is 55.3 Å². The van der Waals surface area contributed by atoms with Gasteiger partial charge in [0.25, 0.3) is 0 Å². The largest absolute Gasteiger partial charge is 0.388 e. The predicted molar refractivity (Wildman–Crippen MR) is 96.5 cm³/mol. The van der Waals surface area contributed by atoms with Crippen LogP contribution < -0.4 is 0 Å². The number of hydrogen-bond donors (Lipinski definition) is 6. The Bertz CT molecular complexity index is 616. The van der Waals surface area contributed by atoms with E-state index in [4.69, 9.17) is 18.9 Å². The average molecular weight is 416 g/mol. The third kappa shape index (κ3) is 5.50. The van der Waals surface area contributed by atoms with E-state index >= 15 is 0 Å². The van der Waals surface area contributed by atoms with Gasteiger partial charge in [-0.2, -0.15) is 0 Å². The van der Waals surface area contributed by atoms with Crippen LogP contribution in [0.5, 0.6) is 0 Å². The van der Waals surface area contributed by atoms with Gasteiger partial charge in [-0.15, -0.1) is 0 Å². The minimum Gasteiger partial charge on any atom is -0.388 e. The SMILES string of the molecule is O[C@H]1[C@H](O)[C@@H](OCCc2ccccc2)O[C@@H](CO[C@@H]2OC[C@H](O)[C@@H](O)[C@H]2O)[C@@H]1O. The van der Waals surface area contributed by atoms with Crippen LogP contribution in [0.4, 0.5) is 0 Å². The van der Waals surface area contributed by atoms with E-state index in [0.29, 0.717) is 6.42 Å². The molecule has 2 aliphatic heterocycles. The van der Waals surface area contributed by atoms with Crippen LogP contribution in [-0.2, 0) is 25.4 Å². The summed E-state index contributed by atoms with van der Waals surface area (Å²) < 4.78 is 21.6. The van der Waals surface area contributed by atoms with Crippen LogP contribution in [0.1, 0.15) is 5.56 Å². The van der Waals surface area contributed by atoms with Crippen LogP contribution in [-0.4, -0.2) is 106 Å². The number of benzene rings is 1. The molecule has 0 aromatic heterocycles. The zero-order chi connectivity index (χ0) is 21.0. The molecule has 2 fully saturated rings. The summed E-state index contributed by atoms with van der Waals surface area (Å²) in [5, 5.41) is 59.4. The first-order valence-corrected chi connectivity index (χ1v) is 9.51. The van der Waals surface area contributed by atoms with Crippen molar-refractivity contribution in [2.24, 2.45) is 0 Å². The number of rotatable bonds is 7. The molecule has 3 rings (SSSR count). The lowest BCUT2D eigenvalue weighted by molar-refractivity contribution is -0.320. The molecule has 0 spiro atoms. The molecule has 0 unspecified atom stereocenters. The van der Waals surface area contributed by atoms with E-state index in [-0.39, 0.29) is 19.8 Å². The Morgan fingerprint density at radius 3 is 2.21 bits per heavy atom. The lowest BCUT2D eigenvalue weighted by Crippen LogP contribution is -2.60. The van der Waals surface area contributed by atoms with Crippen LogP contribution in [0.25, 0.3) is 0 Å². The second-order valence-electron chi connectivity index (χ2n) is 7.20. The van der Waals surface area contributed by atoms with Gasteiger partial charge >= 0.3 is 0 Å². The summed E-state index contributed by atoms with van der Waals surface area (Å²) in [6.07, 6.45) is -11.5. The van der Waals surface area contributed by atoms with E-state index in [1.807, 2.05) is 30.3 Å². The molecular weight excluding hydrogens is 388 g/mol. The molecule has 10 heteroatoms. The molecule has 0 aliphatic carbocycles. The first-order chi connectivity index (χ1) is 13.9. The topological polar surface area (TPSA) is 158 Å². The fourth-order valence-electron chi connectivity index (χ4n) is 3.25. The van der Waals surface area contributed by atoms with Crippen molar-refractivity contribution in [1.29, 1.82) is 0 Å². The molecule has 9 atom stereocenters. The van der Waals surface area contributed by atoms with Crippen molar-refractivity contribution in [1.82, 2.24) is 0 Å². The maximum atomic E-state index is 10.2. The highest BCUT2D eigenvalue weighted by molar-refractivity contribution is 5.14. The number of ether oxygens (including phenoxy) is 4. The first-order valence-electron chi connectivity index (χ1n) is 9.51. The monoisotopic (exact) mass is 416 g/mol. The predicted octanol–water partition coefficient (Wildman–Crippen LogP) is -2.49. The Labute approximate surface area is 167 Å². The zero-order valence-electron chi connectivity index (χ0n) is 15.7. The lowest BCUT2D eigenvalue weighted by atomic mass is 9.99. The lowest BCUT2D eigenvalue weighted by Gasteiger charge is -2.41. The van der Waals surface area contributed by atoms with E-state index in [0.717, 1.165) is 5.56 Å². The van der Waals surface area contributed by atoms with Gasteiger partial charge in [0.15, 0.2) is 12.6 Å². The minimum atomic E-state index is -1.52. The summed E-state index contributed by atoms with van der Waals surface area (Å²) >= 11 is 0. The van der Waals surface area contributed by atoms with E-state index in [1.54, 1.807) is 0 Å². The average Bonchev–Trinajstić information content (AvgIpc) is 2.73. The van der Waals surface area contributed by atoms with Gasteiger partial charge in [-0.3, -0.25) is 0 Å². The summed E-state index contributed by atoms with van der Waals surface area (Å²) in [5.74, 6) is 0. The van der Waals surface area contributed by atoms with Crippen LogP contribution in [0, 0.1) is 0 Å².